The van der Waals surface area contributed by atoms with Gasteiger partial charge in [-0.15, -0.1) is 11.3 Å². The number of methoxy groups -OCH3 is 1. The average molecular weight is 367 g/mol. The lowest BCUT2D eigenvalue weighted by atomic mass is 10.2. The third-order valence-electron chi connectivity index (χ3n) is 3.55. The maximum Gasteiger partial charge on any atom is 0.350 e. The number of anilines is 1. The Morgan fingerprint density at radius 3 is 2.31 bits per heavy atom. The number of ether oxygens (including phenoxy) is 2. The van der Waals surface area contributed by atoms with Gasteiger partial charge in [-0.1, -0.05) is 48.5 Å². The van der Waals surface area contributed by atoms with Gasteiger partial charge in [0, 0.05) is 4.88 Å². The number of hydrogen-bond acceptors (Lipinski definition) is 5. The lowest BCUT2D eigenvalue weighted by molar-refractivity contribution is -0.118. The van der Waals surface area contributed by atoms with Crippen molar-refractivity contribution < 1.29 is 19.1 Å². The van der Waals surface area contributed by atoms with Crippen LogP contribution in [0.3, 0.4) is 0 Å². The second-order valence-corrected chi connectivity index (χ2v) is 6.41. The summed E-state index contributed by atoms with van der Waals surface area (Å²) in [6.07, 6.45) is 0. The van der Waals surface area contributed by atoms with Crippen molar-refractivity contribution in [1.82, 2.24) is 0 Å². The summed E-state index contributed by atoms with van der Waals surface area (Å²) in [7, 11) is 1.31. The normalized spacial score (nSPS) is 10.2. The van der Waals surface area contributed by atoms with E-state index in [1.165, 1.54) is 18.4 Å². The Hall–Kier alpha value is -3.12. The Morgan fingerprint density at radius 2 is 1.65 bits per heavy atom. The first-order chi connectivity index (χ1) is 12.7. The molecule has 0 unspecified atom stereocenters. The van der Waals surface area contributed by atoms with E-state index in [9.17, 15) is 9.59 Å². The van der Waals surface area contributed by atoms with Crippen molar-refractivity contribution in [2.75, 3.05) is 19.0 Å². The molecule has 0 fully saturated rings. The average Bonchev–Trinajstić information content (AvgIpc) is 3.11. The number of carbonyl (C=O) groups excluding carboxylic acids is 2. The number of esters is 1. The number of benzene rings is 2. The van der Waals surface area contributed by atoms with Crippen LogP contribution in [0.25, 0.3) is 10.4 Å². The molecule has 0 aliphatic heterocycles. The van der Waals surface area contributed by atoms with Crippen molar-refractivity contribution in [1.29, 1.82) is 0 Å². The maximum atomic E-state index is 12.2. The van der Waals surface area contributed by atoms with Gasteiger partial charge < -0.3 is 14.8 Å². The summed E-state index contributed by atoms with van der Waals surface area (Å²) < 4.78 is 10.3. The van der Waals surface area contributed by atoms with Crippen LogP contribution in [-0.4, -0.2) is 25.6 Å². The predicted molar refractivity (Wildman–Crippen MR) is 102 cm³/mol. The van der Waals surface area contributed by atoms with E-state index >= 15 is 0 Å². The van der Waals surface area contributed by atoms with Gasteiger partial charge in [0.15, 0.2) is 6.61 Å². The molecule has 1 amide bonds. The van der Waals surface area contributed by atoms with Gasteiger partial charge in [0.25, 0.3) is 5.91 Å². The molecule has 26 heavy (non-hydrogen) atoms. The number of hydrogen-bond donors (Lipinski definition) is 1. The van der Waals surface area contributed by atoms with E-state index in [-0.39, 0.29) is 12.5 Å². The molecule has 5 nitrogen and oxygen atoms in total. The highest BCUT2D eigenvalue weighted by Crippen LogP contribution is 2.35. The molecule has 0 saturated carbocycles. The van der Waals surface area contributed by atoms with Gasteiger partial charge in [-0.2, -0.15) is 0 Å². The fraction of sp³-hybridized carbons (Fsp3) is 0.100. The molecule has 2 aromatic carbocycles. The molecular weight excluding hydrogens is 350 g/mol. The highest BCUT2D eigenvalue weighted by Gasteiger charge is 2.19. The predicted octanol–water partition coefficient (Wildman–Crippen LogP) is 4.22. The molecule has 0 aliphatic carbocycles. The summed E-state index contributed by atoms with van der Waals surface area (Å²) in [6.45, 7) is -0.152. The zero-order chi connectivity index (χ0) is 18.4. The van der Waals surface area contributed by atoms with Crippen molar-refractivity contribution in [3.05, 3.63) is 71.6 Å². The van der Waals surface area contributed by atoms with Gasteiger partial charge in [-0.25, -0.2) is 4.79 Å². The Balaban J connectivity index is 1.76. The van der Waals surface area contributed by atoms with Crippen LogP contribution in [0.15, 0.2) is 66.7 Å². The van der Waals surface area contributed by atoms with Gasteiger partial charge in [-0.05, 0) is 23.8 Å². The van der Waals surface area contributed by atoms with Crippen LogP contribution in [0.2, 0.25) is 0 Å². The Labute approximate surface area is 155 Å². The fourth-order valence-electron chi connectivity index (χ4n) is 2.32. The zero-order valence-electron chi connectivity index (χ0n) is 14.1. The summed E-state index contributed by atoms with van der Waals surface area (Å²) in [5.41, 5.74) is 1.38. The minimum Gasteiger partial charge on any atom is -0.484 e. The lowest BCUT2D eigenvalue weighted by Crippen LogP contribution is -2.21. The first-order valence-electron chi connectivity index (χ1n) is 7.92. The number of nitrogens with one attached hydrogen (secondary N) is 1. The maximum absolute atomic E-state index is 12.2. The smallest absolute Gasteiger partial charge is 0.350 e. The SMILES string of the molecule is COC(=O)c1sc(-c2ccccc2)cc1NC(=O)COc1ccccc1. The van der Waals surface area contributed by atoms with Gasteiger partial charge in [-0.3, -0.25) is 4.79 Å². The number of thiophene rings is 1. The van der Waals surface area contributed by atoms with E-state index in [0.29, 0.717) is 16.3 Å². The molecule has 0 aliphatic rings. The molecule has 0 radical (unpaired) electrons. The van der Waals surface area contributed by atoms with Crippen LogP contribution in [0.5, 0.6) is 5.75 Å². The Kier molecular flexibility index (Phi) is 5.66. The van der Waals surface area contributed by atoms with Crippen molar-refractivity contribution >= 4 is 28.9 Å². The van der Waals surface area contributed by atoms with E-state index in [0.717, 1.165) is 10.4 Å². The monoisotopic (exact) mass is 367 g/mol. The first kappa shape index (κ1) is 17.7. The van der Waals surface area contributed by atoms with E-state index in [1.807, 2.05) is 48.5 Å². The fourth-order valence-corrected chi connectivity index (χ4v) is 3.36. The van der Waals surface area contributed by atoms with E-state index < -0.39 is 5.97 Å². The molecule has 0 atom stereocenters. The van der Waals surface area contributed by atoms with Crippen LogP contribution in [0.4, 0.5) is 5.69 Å². The molecule has 1 heterocycles. The standard InChI is InChI=1S/C20H17NO4S/c1-24-20(23)19-16(12-17(26-19)14-8-4-2-5-9-14)21-18(22)13-25-15-10-6-3-7-11-15/h2-12H,13H2,1H3,(H,21,22). The molecule has 1 aromatic heterocycles. The molecular formula is C20H17NO4S. The van der Waals surface area contributed by atoms with E-state index in [1.54, 1.807) is 18.2 Å². The van der Waals surface area contributed by atoms with Crippen LogP contribution < -0.4 is 10.1 Å². The zero-order valence-corrected chi connectivity index (χ0v) is 14.9. The summed E-state index contributed by atoms with van der Waals surface area (Å²) >= 11 is 1.27. The first-order valence-corrected chi connectivity index (χ1v) is 8.74. The van der Waals surface area contributed by atoms with Crippen molar-refractivity contribution in [3.63, 3.8) is 0 Å². The lowest BCUT2D eigenvalue weighted by Gasteiger charge is -2.07. The molecule has 1 N–H and O–H groups in total. The van der Waals surface area contributed by atoms with E-state index in [4.69, 9.17) is 9.47 Å². The minimum absolute atomic E-state index is 0.152. The number of para-hydroxylation sites is 1. The van der Waals surface area contributed by atoms with Crippen molar-refractivity contribution in [2.24, 2.45) is 0 Å². The Morgan fingerprint density at radius 1 is 1.00 bits per heavy atom. The Bertz CT molecular complexity index is 891. The number of carbonyl (C=O) groups is 2. The third-order valence-corrected chi connectivity index (χ3v) is 4.71. The molecule has 0 bridgehead atoms. The summed E-state index contributed by atoms with van der Waals surface area (Å²) in [5.74, 6) is -0.237. The minimum atomic E-state index is -0.489. The summed E-state index contributed by atoms with van der Waals surface area (Å²) in [5, 5.41) is 2.73. The number of rotatable bonds is 6. The molecule has 132 valence electrons. The van der Waals surface area contributed by atoms with Crippen LogP contribution in [0.1, 0.15) is 9.67 Å². The summed E-state index contributed by atoms with van der Waals surface area (Å²) in [4.78, 5) is 25.5. The van der Waals surface area contributed by atoms with E-state index in [2.05, 4.69) is 5.32 Å². The highest BCUT2D eigenvalue weighted by atomic mass is 32.1. The third kappa shape index (κ3) is 4.29. The van der Waals surface area contributed by atoms with Gasteiger partial charge in [0.05, 0.1) is 12.8 Å². The molecule has 0 spiro atoms. The highest BCUT2D eigenvalue weighted by molar-refractivity contribution is 7.18. The van der Waals surface area contributed by atoms with Gasteiger partial charge in [0.1, 0.15) is 10.6 Å². The summed E-state index contributed by atoms with van der Waals surface area (Å²) in [6, 6.07) is 20.5. The quantitative estimate of drug-likeness (QED) is 0.663. The van der Waals surface area contributed by atoms with Crippen LogP contribution in [-0.2, 0) is 9.53 Å². The second kappa shape index (κ2) is 8.31. The van der Waals surface area contributed by atoms with Crippen molar-refractivity contribution in [3.8, 4) is 16.2 Å². The second-order valence-electron chi connectivity index (χ2n) is 5.36. The topological polar surface area (TPSA) is 64.6 Å². The van der Waals surface area contributed by atoms with Crippen LogP contribution in [0, 0.1) is 0 Å². The van der Waals surface area contributed by atoms with Crippen molar-refractivity contribution in [2.45, 2.75) is 0 Å². The van der Waals surface area contributed by atoms with Crippen LogP contribution >= 0.6 is 11.3 Å². The molecule has 0 saturated heterocycles. The largest absolute Gasteiger partial charge is 0.484 e. The molecule has 3 aromatic rings. The van der Waals surface area contributed by atoms with Gasteiger partial charge >= 0.3 is 5.97 Å². The molecule has 3 rings (SSSR count). The number of amides is 1. The van der Waals surface area contributed by atoms with Gasteiger partial charge in [0.2, 0.25) is 0 Å². The molecule has 6 heteroatoms.